The minimum Gasteiger partial charge on any atom is -0.454 e. The summed E-state index contributed by atoms with van der Waals surface area (Å²) in [4.78, 5) is 52.5. The van der Waals surface area contributed by atoms with E-state index in [2.05, 4.69) is 12.2 Å². The second-order valence-corrected chi connectivity index (χ2v) is 9.08. The molecule has 6 atom stereocenters. The van der Waals surface area contributed by atoms with Gasteiger partial charge in [0, 0.05) is 5.56 Å². The van der Waals surface area contributed by atoms with Crippen molar-refractivity contribution in [2.45, 2.75) is 6.42 Å². The van der Waals surface area contributed by atoms with Gasteiger partial charge in [0.2, 0.25) is 11.8 Å². The monoisotopic (exact) mass is 427 g/mol. The molecule has 6 heteroatoms. The molecule has 1 heterocycles. The van der Waals surface area contributed by atoms with E-state index in [9.17, 15) is 19.2 Å². The molecule has 0 aromatic heterocycles. The molecule has 2 saturated carbocycles. The van der Waals surface area contributed by atoms with E-state index < -0.39 is 5.97 Å². The molecule has 7 rings (SSSR count). The number of Topliss-reactive ketones (excluding diaryl/α,β-unsaturated/α-hetero) is 1. The van der Waals surface area contributed by atoms with Crippen LogP contribution in [-0.4, -0.2) is 30.2 Å². The van der Waals surface area contributed by atoms with Crippen molar-refractivity contribution in [2.24, 2.45) is 35.5 Å². The molecule has 1 aliphatic heterocycles. The Kier molecular flexibility index (Phi) is 4.18. The van der Waals surface area contributed by atoms with Crippen LogP contribution in [-0.2, 0) is 14.3 Å². The second kappa shape index (κ2) is 6.99. The molecule has 2 bridgehead atoms. The summed E-state index contributed by atoms with van der Waals surface area (Å²) in [5.41, 5.74) is 1.04. The topological polar surface area (TPSA) is 80.8 Å². The highest BCUT2D eigenvalue weighted by atomic mass is 16.5. The number of anilines is 1. The van der Waals surface area contributed by atoms with Gasteiger partial charge in [-0.1, -0.05) is 48.6 Å². The smallest absolute Gasteiger partial charge is 0.338 e. The van der Waals surface area contributed by atoms with Crippen LogP contribution in [0.3, 0.4) is 0 Å². The van der Waals surface area contributed by atoms with Crippen molar-refractivity contribution in [1.82, 2.24) is 0 Å². The van der Waals surface area contributed by atoms with Crippen LogP contribution in [0.1, 0.15) is 27.1 Å². The number of allylic oxidation sites excluding steroid dienone is 2. The van der Waals surface area contributed by atoms with Crippen molar-refractivity contribution in [3.8, 4) is 0 Å². The van der Waals surface area contributed by atoms with E-state index in [1.165, 1.54) is 11.0 Å². The minimum absolute atomic E-state index is 0.147. The third-order valence-corrected chi connectivity index (χ3v) is 7.43. The molecule has 5 aliphatic rings. The van der Waals surface area contributed by atoms with E-state index in [0.717, 1.165) is 6.42 Å². The Bertz CT molecular complexity index is 1150. The maximum atomic E-state index is 13.3. The molecule has 4 aliphatic carbocycles. The van der Waals surface area contributed by atoms with Gasteiger partial charge >= 0.3 is 5.97 Å². The molecule has 2 aromatic rings. The van der Waals surface area contributed by atoms with Gasteiger partial charge in [0.1, 0.15) is 0 Å². The second-order valence-electron chi connectivity index (χ2n) is 9.08. The fraction of sp³-hybridized carbons (Fsp3) is 0.308. The molecule has 0 radical (unpaired) electrons. The molecule has 6 nitrogen and oxygen atoms in total. The molecular weight excluding hydrogens is 406 g/mol. The lowest BCUT2D eigenvalue weighted by Crippen LogP contribution is -2.40. The normalized spacial score (nSPS) is 31.3. The SMILES string of the molecule is O=C(COC(=O)c1cccc(N2C(=O)[C@H]3[C@@H]4C=C[C@H]([C@H]5C[C@H]45)[C@@H]3C2=O)c1)c1ccccc1. The van der Waals surface area contributed by atoms with E-state index in [-0.39, 0.29) is 53.4 Å². The minimum atomic E-state index is -0.671. The van der Waals surface area contributed by atoms with Crippen molar-refractivity contribution < 1.29 is 23.9 Å². The summed E-state index contributed by atoms with van der Waals surface area (Å²) in [6.07, 6.45) is 5.37. The average Bonchev–Trinajstić information content (AvgIpc) is 3.61. The lowest BCUT2D eigenvalue weighted by molar-refractivity contribution is -0.124. The fourth-order valence-corrected chi connectivity index (χ4v) is 5.91. The third kappa shape index (κ3) is 2.79. The molecule has 0 unspecified atom stereocenters. The van der Waals surface area contributed by atoms with Gasteiger partial charge in [-0.05, 0) is 48.3 Å². The number of imide groups is 1. The van der Waals surface area contributed by atoms with Gasteiger partial charge in [0.05, 0.1) is 23.1 Å². The van der Waals surface area contributed by atoms with Crippen LogP contribution in [0.5, 0.6) is 0 Å². The molecule has 2 aromatic carbocycles. The highest BCUT2D eigenvalue weighted by Gasteiger charge is 2.67. The molecule has 0 N–H and O–H groups in total. The highest BCUT2D eigenvalue weighted by molar-refractivity contribution is 6.23. The highest BCUT2D eigenvalue weighted by Crippen LogP contribution is 2.65. The Hall–Kier alpha value is -3.54. The summed E-state index contributed by atoms with van der Waals surface area (Å²) < 4.78 is 5.19. The van der Waals surface area contributed by atoms with Crippen LogP contribution >= 0.6 is 0 Å². The molecule has 32 heavy (non-hydrogen) atoms. The average molecular weight is 427 g/mol. The van der Waals surface area contributed by atoms with Crippen molar-refractivity contribution in [1.29, 1.82) is 0 Å². The zero-order valence-electron chi connectivity index (χ0n) is 17.2. The quantitative estimate of drug-likeness (QED) is 0.317. The number of amides is 2. The first-order valence-electron chi connectivity index (χ1n) is 11.0. The van der Waals surface area contributed by atoms with Crippen LogP contribution in [0.25, 0.3) is 0 Å². The molecule has 1 saturated heterocycles. The largest absolute Gasteiger partial charge is 0.454 e. The predicted octanol–water partition coefficient (Wildman–Crippen LogP) is 3.28. The zero-order chi connectivity index (χ0) is 22.0. The van der Waals surface area contributed by atoms with Gasteiger partial charge in [0.25, 0.3) is 0 Å². The molecule has 3 fully saturated rings. The van der Waals surface area contributed by atoms with Crippen molar-refractivity contribution in [3.63, 3.8) is 0 Å². The number of ether oxygens (including phenoxy) is 1. The first kappa shape index (κ1) is 19.2. The van der Waals surface area contributed by atoms with E-state index in [1.54, 1.807) is 48.5 Å². The predicted molar refractivity (Wildman–Crippen MR) is 115 cm³/mol. The maximum absolute atomic E-state index is 13.3. The lowest BCUT2D eigenvalue weighted by atomic mass is 9.63. The molecular formula is C26H21NO5. The van der Waals surface area contributed by atoms with E-state index in [1.807, 2.05) is 0 Å². The first-order chi connectivity index (χ1) is 15.5. The summed E-state index contributed by atoms with van der Waals surface area (Å²) in [5.74, 6) is -0.536. The van der Waals surface area contributed by atoms with Gasteiger partial charge in [0.15, 0.2) is 12.4 Å². The van der Waals surface area contributed by atoms with Crippen molar-refractivity contribution >= 4 is 29.3 Å². The number of ketones is 1. The lowest BCUT2D eigenvalue weighted by Gasteiger charge is -2.37. The molecule has 160 valence electrons. The van der Waals surface area contributed by atoms with Crippen LogP contribution < -0.4 is 4.90 Å². The number of hydrogen-bond donors (Lipinski definition) is 0. The number of rotatable bonds is 5. The van der Waals surface area contributed by atoms with Crippen LogP contribution in [0.4, 0.5) is 5.69 Å². The van der Waals surface area contributed by atoms with Crippen molar-refractivity contribution in [3.05, 3.63) is 77.9 Å². The van der Waals surface area contributed by atoms with Gasteiger partial charge in [-0.15, -0.1) is 0 Å². The number of carbonyl (C=O) groups excluding carboxylic acids is 4. The Balaban J connectivity index is 1.20. The van der Waals surface area contributed by atoms with Crippen molar-refractivity contribution in [2.75, 3.05) is 11.5 Å². The molecule has 0 spiro atoms. The van der Waals surface area contributed by atoms with Gasteiger partial charge < -0.3 is 4.74 Å². The summed E-state index contributed by atoms with van der Waals surface area (Å²) in [6, 6.07) is 14.9. The fourth-order valence-electron chi connectivity index (χ4n) is 5.91. The van der Waals surface area contributed by atoms with Gasteiger partial charge in [-0.2, -0.15) is 0 Å². The van der Waals surface area contributed by atoms with E-state index in [4.69, 9.17) is 4.74 Å². The summed E-state index contributed by atoms with van der Waals surface area (Å²) in [5, 5.41) is 0. The van der Waals surface area contributed by atoms with Crippen LogP contribution in [0, 0.1) is 35.5 Å². The summed E-state index contributed by atoms with van der Waals surface area (Å²) in [7, 11) is 0. The number of benzene rings is 2. The van der Waals surface area contributed by atoms with Crippen LogP contribution in [0.15, 0.2) is 66.7 Å². The number of esters is 1. The van der Waals surface area contributed by atoms with E-state index in [0.29, 0.717) is 23.1 Å². The van der Waals surface area contributed by atoms with Gasteiger partial charge in [-0.25, -0.2) is 9.69 Å². The van der Waals surface area contributed by atoms with Crippen LogP contribution in [0.2, 0.25) is 0 Å². The third-order valence-electron chi connectivity index (χ3n) is 7.43. The maximum Gasteiger partial charge on any atom is 0.338 e. The van der Waals surface area contributed by atoms with Gasteiger partial charge in [-0.3, -0.25) is 14.4 Å². The standard InChI is InChI=1S/C26H21NO5/c28-21(14-5-2-1-3-6-14)13-32-26(31)15-7-4-8-16(11-15)27-24(29)22-17-9-10-18(20-12-19(17)20)23(22)25(27)30/h1-11,17-20,22-23H,12-13H2/t17-,18-,19-,20-,22+,23+/m1/s1. The summed E-state index contributed by atoms with van der Waals surface area (Å²) >= 11 is 0. The first-order valence-corrected chi connectivity index (χ1v) is 11.0. The number of carbonyl (C=O) groups is 4. The summed E-state index contributed by atoms with van der Waals surface area (Å²) in [6.45, 7) is -0.378. The molecule has 2 amide bonds. The Morgan fingerprint density at radius 3 is 2.12 bits per heavy atom. The zero-order valence-corrected chi connectivity index (χ0v) is 17.2. The van der Waals surface area contributed by atoms with E-state index >= 15 is 0 Å². The number of nitrogens with zero attached hydrogens (tertiary/aromatic N) is 1. The Labute approximate surface area is 184 Å². The Morgan fingerprint density at radius 1 is 0.844 bits per heavy atom. The Morgan fingerprint density at radius 2 is 1.47 bits per heavy atom. The number of hydrogen-bond acceptors (Lipinski definition) is 5.